The maximum atomic E-state index is 9.60. The quantitative estimate of drug-likeness (QED) is 0.786. The van der Waals surface area contributed by atoms with Crippen LogP contribution in [-0.2, 0) is 4.74 Å². The molecule has 0 saturated carbocycles. The van der Waals surface area contributed by atoms with Crippen molar-refractivity contribution >= 4 is 16.9 Å². The van der Waals surface area contributed by atoms with Gasteiger partial charge in [0.2, 0.25) is 0 Å². The predicted molar refractivity (Wildman–Crippen MR) is 94.4 cm³/mol. The summed E-state index contributed by atoms with van der Waals surface area (Å²) in [7, 11) is 0. The lowest BCUT2D eigenvalue weighted by atomic mass is 10.00. The smallest absolute Gasteiger partial charge is 0.148 e. The third-order valence-corrected chi connectivity index (χ3v) is 4.39. The zero-order valence-electron chi connectivity index (χ0n) is 13.6. The highest BCUT2D eigenvalue weighted by atomic mass is 16.5. The number of fused-ring (bicyclic) bond motifs is 1. The SMILES string of the molecule is Cc1cc(O)ccc1-c1ccc2ncc(N3CCOCC3)nc2c1. The van der Waals surface area contributed by atoms with E-state index in [0.29, 0.717) is 0 Å². The fourth-order valence-electron chi connectivity index (χ4n) is 3.09. The predicted octanol–water partition coefficient (Wildman–Crippen LogP) is 3.15. The molecule has 1 aromatic heterocycles. The van der Waals surface area contributed by atoms with Gasteiger partial charge >= 0.3 is 0 Å². The van der Waals surface area contributed by atoms with Gasteiger partial charge in [0.1, 0.15) is 11.6 Å². The summed E-state index contributed by atoms with van der Waals surface area (Å²) >= 11 is 0. The van der Waals surface area contributed by atoms with Crippen LogP contribution in [-0.4, -0.2) is 41.4 Å². The number of phenolic OH excluding ortho intramolecular Hbond substituents is 1. The van der Waals surface area contributed by atoms with Crippen LogP contribution in [0.25, 0.3) is 22.2 Å². The number of aromatic nitrogens is 2. The van der Waals surface area contributed by atoms with E-state index >= 15 is 0 Å². The van der Waals surface area contributed by atoms with E-state index in [1.165, 1.54) is 0 Å². The Balaban J connectivity index is 1.75. The molecule has 24 heavy (non-hydrogen) atoms. The minimum absolute atomic E-state index is 0.284. The first-order valence-electron chi connectivity index (χ1n) is 8.10. The van der Waals surface area contributed by atoms with Crippen molar-refractivity contribution in [1.82, 2.24) is 9.97 Å². The fourth-order valence-corrected chi connectivity index (χ4v) is 3.09. The van der Waals surface area contributed by atoms with Crippen LogP contribution >= 0.6 is 0 Å². The molecule has 5 heteroatoms. The summed E-state index contributed by atoms with van der Waals surface area (Å²) in [5.41, 5.74) is 4.96. The van der Waals surface area contributed by atoms with E-state index in [1.807, 2.05) is 31.3 Å². The monoisotopic (exact) mass is 321 g/mol. The number of ether oxygens (including phenoxy) is 1. The van der Waals surface area contributed by atoms with Crippen molar-refractivity contribution in [2.24, 2.45) is 0 Å². The van der Waals surface area contributed by atoms with Crippen molar-refractivity contribution in [2.45, 2.75) is 6.92 Å². The van der Waals surface area contributed by atoms with Gasteiger partial charge in [-0.25, -0.2) is 4.98 Å². The first-order valence-corrected chi connectivity index (χ1v) is 8.10. The van der Waals surface area contributed by atoms with Gasteiger partial charge in [-0.2, -0.15) is 0 Å². The second-order valence-corrected chi connectivity index (χ2v) is 6.03. The summed E-state index contributed by atoms with van der Waals surface area (Å²) in [5.74, 6) is 1.18. The lowest BCUT2D eigenvalue weighted by molar-refractivity contribution is 0.122. The molecule has 0 unspecified atom stereocenters. The second-order valence-electron chi connectivity index (χ2n) is 6.03. The Morgan fingerprint density at radius 3 is 2.67 bits per heavy atom. The molecule has 1 aliphatic heterocycles. The van der Waals surface area contributed by atoms with E-state index in [1.54, 1.807) is 12.1 Å². The second kappa shape index (κ2) is 6.09. The Morgan fingerprint density at radius 1 is 1.04 bits per heavy atom. The highest BCUT2D eigenvalue weighted by molar-refractivity contribution is 5.83. The van der Waals surface area contributed by atoms with Gasteiger partial charge in [-0.05, 0) is 47.9 Å². The van der Waals surface area contributed by atoms with Crippen molar-refractivity contribution in [1.29, 1.82) is 0 Å². The third-order valence-electron chi connectivity index (χ3n) is 4.39. The lowest BCUT2D eigenvalue weighted by Crippen LogP contribution is -2.36. The number of nitrogens with zero attached hydrogens (tertiary/aromatic N) is 3. The van der Waals surface area contributed by atoms with E-state index in [9.17, 15) is 5.11 Å². The number of aryl methyl sites for hydroxylation is 1. The summed E-state index contributed by atoms with van der Waals surface area (Å²) < 4.78 is 5.40. The number of hydrogen-bond acceptors (Lipinski definition) is 5. The molecule has 0 amide bonds. The molecular weight excluding hydrogens is 302 g/mol. The molecular formula is C19H19N3O2. The molecule has 0 bridgehead atoms. The van der Waals surface area contributed by atoms with E-state index in [4.69, 9.17) is 9.72 Å². The summed E-state index contributed by atoms with van der Waals surface area (Å²) in [5, 5.41) is 9.60. The number of anilines is 1. The molecule has 5 nitrogen and oxygen atoms in total. The molecule has 2 heterocycles. The zero-order valence-corrected chi connectivity index (χ0v) is 13.6. The van der Waals surface area contributed by atoms with Gasteiger partial charge < -0.3 is 14.7 Å². The first kappa shape index (κ1) is 14.9. The van der Waals surface area contributed by atoms with Crippen LogP contribution in [0.1, 0.15) is 5.56 Å². The molecule has 1 aliphatic rings. The largest absolute Gasteiger partial charge is 0.508 e. The summed E-state index contributed by atoms with van der Waals surface area (Å²) in [6, 6.07) is 11.5. The molecule has 0 spiro atoms. The molecule has 1 fully saturated rings. The van der Waals surface area contributed by atoms with Crippen molar-refractivity contribution in [3.8, 4) is 16.9 Å². The van der Waals surface area contributed by atoms with Gasteiger partial charge in [-0.3, -0.25) is 4.98 Å². The Kier molecular flexibility index (Phi) is 3.78. The minimum Gasteiger partial charge on any atom is -0.508 e. The molecule has 122 valence electrons. The number of rotatable bonds is 2. The van der Waals surface area contributed by atoms with Crippen molar-refractivity contribution in [2.75, 3.05) is 31.2 Å². The molecule has 3 aromatic rings. The maximum Gasteiger partial charge on any atom is 0.148 e. The lowest BCUT2D eigenvalue weighted by Gasteiger charge is -2.27. The number of hydrogen-bond donors (Lipinski definition) is 1. The number of aromatic hydroxyl groups is 1. The van der Waals surface area contributed by atoms with E-state index in [0.717, 1.165) is 59.8 Å². The third kappa shape index (κ3) is 2.78. The Hall–Kier alpha value is -2.66. The molecule has 1 saturated heterocycles. The van der Waals surface area contributed by atoms with Gasteiger partial charge in [0.25, 0.3) is 0 Å². The topological polar surface area (TPSA) is 58.5 Å². The molecule has 1 N–H and O–H groups in total. The summed E-state index contributed by atoms with van der Waals surface area (Å²) in [4.78, 5) is 11.5. The van der Waals surface area contributed by atoms with Crippen LogP contribution in [0.15, 0.2) is 42.6 Å². The Morgan fingerprint density at radius 2 is 1.88 bits per heavy atom. The highest BCUT2D eigenvalue weighted by Gasteiger charge is 2.13. The molecule has 0 atom stereocenters. The van der Waals surface area contributed by atoms with Crippen molar-refractivity contribution in [3.63, 3.8) is 0 Å². The zero-order chi connectivity index (χ0) is 16.5. The van der Waals surface area contributed by atoms with Gasteiger partial charge in [0.15, 0.2) is 0 Å². The standard InChI is InChI=1S/C19H19N3O2/c1-13-10-15(23)3-4-16(13)14-2-5-17-18(11-14)21-19(12-20-17)22-6-8-24-9-7-22/h2-5,10-12,23H,6-9H2,1H3. The Labute approximate surface area is 140 Å². The van der Waals surface area contributed by atoms with Crippen LogP contribution in [0.3, 0.4) is 0 Å². The number of morpholine rings is 1. The maximum absolute atomic E-state index is 9.60. The van der Waals surface area contributed by atoms with Crippen LogP contribution in [0.5, 0.6) is 5.75 Å². The minimum atomic E-state index is 0.284. The van der Waals surface area contributed by atoms with E-state index in [2.05, 4.69) is 16.0 Å². The average Bonchev–Trinajstić information content (AvgIpc) is 2.61. The molecule has 0 aliphatic carbocycles. The van der Waals surface area contributed by atoms with Crippen LogP contribution in [0.4, 0.5) is 5.82 Å². The first-order chi connectivity index (χ1) is 11.7. The van der Waals surface area contributed by atoms with Gasteiger partial charge in [-0.15, -0.1) is 0 Å². The number of phenols is 1. The normalized spacial score (nSPS) is 15.0. The van der Waals surface area contributed by atoms with Crippen molar-refractivity contribution in [3.05, 3.63) is 48.2 Å². The van der Waals surface area contributed by atoms with Crippen molar-refractivity contribution < 1.29 is 9.84 Å². The number of benzene rings is 2. The highest BCUT2D eigenvalue weighted by Crippen LogP contribution is 2.28. The van der Waals surface area contributed by atoms with Gasteiger partial charge in [0, 0.05) is 13.1 Å². The van der Waals surface area contributed by atoms with Crippen LogP contribution < -0.4 is 4.90 Å². The van der Waals surface area contributed by atoms with E-state index < -0.39 is 0 Å². The molecule has 0 radical (unpaired) electrons. The molecule has 4 rings (SSSR count). The van der Waals surface area contributed by atoms with Gasteiger partial charge in [0.05, 0.1) is 30.4 Å². The van der Waals surface area contributed by atoms with Gasteiger partial charge in [-0.1, -0.05) is 12.1 Å². The summed E-state index contributed by atoms with van der Waals surface area (Å²) in [6.07, 6.45) is 1.83. The van der Waals surface area contributed by atoms with Crippen LogP contribution in [0.2, 0.25) is 0 Å². The molecule has 2 aromatic carbocycles. The Bertz CT molecular complexity index is 889. The fraction of sp³-hybridized carbons (Fsp3) is 0.263. The summed E-state index contributed by atoms with van der Waals surface area (Å²) in [6.45, 7) is 5.14. The van der Waals surface area contributed by atoms with Crippen LogP contribution in [0, 0.1) is 6.92 Å². The average molecular weight is 321 g/mol. The van der Waals surface area contributed by atoms with E-state index in [-0.39, 0.29) is 5.75 Å².